The zero-order chi connectivity index (χ0) is 14.3. The monoisotopic (exact) mass is 372 g/mol. The van der Waals surface area contributed by atoms with Crippen LogP contribution in [0.25, 0.3) is 16.7 Å². The van der Waals surface area contributed by atoms with Gasteiger partial charge in [0.1, 0.15) is 11.6 Å². The van der Waals surface area contributed by atoms with Crippen molar-refractivity contribution in [2.45, 2.75) is 5.88 Å². The lowest BCUT2D eigenvalue weighted by Gasteiger charge is -2.08. The Balaban J connectivity index is 2.33. The molecule has 0 fully saturated rings. The van der Waals surface area contributed by atoms with Crippen LogP contribution in [0.4, 0.5) is 4.39 Å². The molecule has 2 aromatic carbocycles. The van der Waals surface area contributed by atoms with Crippen molar-refractivity contribution >= 4 is 50.2 Å². The number of alkyl halides is 1. The molecule has 6 heteroatoms. The van der Waals surface area contributed by atoms with Gasteiger partial charge in [-0.15, -0.1) is 11.6 Å². The maximum atomic E-state index is 13.6. The second kappa shape index (κ2) is 5.35. The highest BCUT2D eigenvalue weighted by Gasteiger charge is 2.13. The first-order valence-corrected chi connectivity index (χ1v) is 7.48. The standard InChI is InChI=1S/C14H8BrCl2FN2/c15-8-1-2-13-12(3-8)19-14(7-16)20(13)11-5-9(17)4-10(18)6-11/h1-6H,7H2. The molecule has 0 aliphatic carbocycles. The molecular weight excluding hydrogens is 366 g/mol. The van der Waals surface area contributed by atoms with E-state index < -0.39 is 5.82 Å². The fourth-order valence-corrected chi connectivity index (χ4v) is 2.89. The van der Waals surface area contributed by atoms with Crippen molar-refractivity contribution in [1.82, 2.24) is 9.55 Å². The van der Waals surface area contributed by atoms with E-state index in [-0.39, 0.29) is 5.88 Å². The van der Waals surface area contributed by atoms with Crippen molar-refractivity contribution < 1.29 is 4.39 Å². The normalized spacial score (nSPS) is 11.2. The molecule has 0 N–H and O–H groups in total. The number of halogens is 4. The second-order valence-corrected chi connectivity index (χ2v) is 5.88. The summed E-state index contributed by atoms with van der Waals surface area (Å²) in [6.07, 6.45) is 0. The third-order valence-corrected chi connectivity index (χ3v) is 3.86. The van der Waals surface area contributed by atoms with Crippen LogP contribution < -0.4 is 0 Å². The topological polar surface area (TPSA) is 17.8 Å². The largest absolute Gasteiger partial charge is 0.295 e. The van der Waals surface area contributed by atoms with Crippen LogP contribution >= 0.6 is 39.1 Å². The summed E-state index contributed by atoms with van der Waals surface area (Å²) in [6, 6.07) is 10.1. The maximum absolute atomic E-state index is 13.6. The molecule has 3 aromatic rings. The third kappa shape index (κ3) is 2.43. The summed E-state index contributed by atoms with van der Waals surface area (Å²) in [5.74, 6) is 0.467. The highest BCUT2D eigenvalue weighted by molar-refractivity contribution is 9.10. The molecule has 3 rings (SSSR count). The molecule has 1 aromatic heterocycles. The van der Waals surface area contributed by atoms with E-state index >= 15 is 0 Å². The van der Waals surface area contributed by atoms with E-state index in [1.54, 1.807) is 6.07 Å². The summed E-state index contributed by atoms with van der Waals surface area (Å²) in [6.45, 7) is 0. The minimum atomic E-state index is -0.396. The molecule has 0 bridgehead atoms. The van der Waals surface area contributed by atoms with Crippen LogP contribution in [0.1, 0.15) is 5.82 Å². The zero-order valence-corrected chi connectivity index (χ0v) is 13.2. The average Bonchev–Trinajstić information content (AvgIpc) is 2.74. The predicted octanol–water partition coefficient (Wildman–Crippen LogP) is 5.32. The van der Waals surface area contributed by atoms with E-state index in [4.69, 9.17) is 23.2 Å². The van der Waals surface area contributed by atoms with E-state index in [1.807, 2.05) is 22.8 Å². The smallest absolute Gasteiger partial charge is 0.129 e. The minimum absolute atomic E-state index is 0.223. The molecule has 0 unspecified atom stereocenters. The van der Waals surface area contributed by atoms with Gasteiger partial charge in [-0.3, -0.25) is 4.57 Å². The quantitative estimate of drug-likeness (QED) is 0.556. The van der Waals surface area contributed by atoms with Crippen LogP contribution in [0.15, 0.2) is 40.9 Å². The van der Waals surface area contributed by atoms with Crippen LogP contribution in [0.3, 0.4) is 0 Å². The van der Waals surface area contributed by atoms with E-state index in [1.165, 1.54) is 12.1 Å². The first kappa shape index (κ1) is 13.9. The highest BCUT2D eigenvalue weighted by atomic mass is 79.9. The Kier molecular flexibility index (Phi) is 3.71. The molecule has 2 nitrogen and oxygen atoms in total. The van der Waals surface area contributed by atoms with Crippen molar-refractivity contribution in [2.75, 3.05) is 0 Å². The summed E-state index contributed by atoms with van der Waals surface area (Å²) in [7, 11) is 0. The van der Waals surface area contributed by atoms with Gasteiger partial charge in [0.25, 0.3) is 0 Å². The van der Waals surface area contributed by atoms with Crippen molar-refractivity contribution in [3.05, 3.63) is 57.5 Å². The molecule has 0 atom stereocenters. The summed E-state index contributed by atoms with van der Waals surface area (Å²) in [4.78, 5) is 4.46. The average molecular weight is 374 g/mol. The van der Waals surface area contributed by atoms with Crippen molar-refractivity contribution in [2.24, 2.45) is 0 Å². The van der Waals surface area contributed by atoms with Gasteiger partial charge in [0.05, 0.1) is 22.6 Å². The highest BCUT2D eigenvalue weighted by Crippen LogP contribution is 2.27. The summed E-state index contributed by atoms with van der Waals surface area (Å²) in [5.41, 5.74) is 2.25. The van der Waals surface area contributed by atoms with Gasteiger partial charge in [-0.25, -0.2) is 9.37 Å². The fraction of sp³-hybridized carbons (Fsp3) is 0.0714. The van der Waals surface area contributed by atoms with Gasteiger partial charge in [-0.05, 0) is 36.4 Å². The van der Waals surface area contributed by atoms with Crippen molar-refractivity contribution in [1.29, 1.82) is 0 Å². The van der Waals surface area contributed by atoms with Gasteiger partial charge in [0.15, 0.2) is 0 Å². The Morgan fingerprint density at radius 2 is 2.00 bits per heavy atom. The molecule has 1 heterocycles. The minimum Gasteiger partial charge on any atom is -0.295 e. The van der Waals surface area contributed by atoms with Gasteiger partial charge < -0.3 is 0 Å². The van der Waals surface area contributed by atoms with Gasteiger partial charge in [-0.1, -0.05) is 27.5 Å². The summed E-state index contributed by atoms with van der Waals surface area (Å²) in [5, 5.41) is 0.333. The number of imidazole rings is 1. The van der Waals surface area contributed by atoms with Crippen LogP contribution in [0, 0.1) is 5.82 Å². The Labute approximate surface area is 133 Å². The number of nitrogens with zero attached hydrogens (tertiary/aromatic N) is 2. The second-order valence-electron chi connectivity index (χ2n) is 4.26. The number of fused-ring (bicyclic) bond motifs is 1. The maximum Gasteiger partial charge on any atom is 0.129 e. The van der Waals surface area contributed by atoms with Gasteiger partial charge in [0, 0.05) is 9.50 Å². The molecule has 0 aliphatic heterocycles. The summed E-state index contributed by atoms with van der Waals surface area (Å²) < 4.78 is 16.3. The number of hydrogen-bond donors (Lipinski definition) is 0. The molecular formula is C14H8BrCl2FN2. The van der Waals surface area contributed by atoms with E-state index in [0.717, 1.165) is 15.5 Å². The molecule has 102 valence electrons. The Bertz CT molecular complexity index is 781. The molecule has 0 saturated carbocycles. The fourth-order valence-electron chi connectivity index (χ4n) is 2.15. The lowest BCUT2D eigenvalue weighted by atomic mass is 10.2. The van der Waals surface area contributed by atoms with Gasteiger partial charge >= 0.3 is 0 Å². The molecule has 0 aliphatic rings. The zero-order valence-electron chi connectivity index (χ0n) is 10.1. The lowest BCUT2D eigenvalue weighted by Crippen LogP contribution is -1.99. The Morgan fingerprint density at radius 1 is 1.20 bits per heavy atom. The molecule has 0 spiro atoms. The number of hydrogen-bond acceptors (Lipinski definition) is 1. The summed E-state index contributed by atoms with van der Waals surface area (Å²) >= 11 is 15.3. The number of rotatable bonds is 2. The van der Waals surface area contributed by atoms with Crippen molar-refractivity contribution in [3.8, 4) is 5.69 Å². The lowest BCUT2D eigenvalue weighted by molar-refractivity contribution is 0.626. The number of aromatic nitrogens is 2. The van der Waals surface area contributed by atoms with Crippen LogP contribution in [-0.2, 0) is 5.88 Å². The van der Waals surface area contributed by atoms with Gasteiger partial charge in [0.2, 0.25) is 0 Å². The SMILES string of the molecule is Fc1cc(Cl)cc(-n2c(CCl)nc3cc(Br)ccc32)c1. The van der Waals surface area contributed by atoms with E-state index in [0.29, 0.717) is 16.5 Å². The van der Waals surface area contributed by atoms with Crippen molar-refractivity contribution in [3.63, 3.8) is 0 Å². The Morgan fingerprint density at radius 3 is 2.70 bits per heavy atom. The van der Waals surface area contributed by atoms with E-state index in [9.17, 15) is 4.39 Å². The van der Waals surface area contributed by atoms with Crippen LogP contribution in [0.5, 0.6) is 0 Å². The number of benzene rings is 2. The molecule has 0 amide bonds. The molecule has 0 radical (unpaired) electrons. The first-order valence-electron chi connectivity index (χ1n) is 5.78. The Hall–Kier alpha value is -1.10. The van der Waals surface area contributed by atoms with Gasteiger partial charge in [-0.2, -0.15) is 0 Å². The van der Waals surface area contributed by atoms with Crippen LogP contribution in [0.2, 0.25) is 5.02 Å². The van der Waals surface area contributed by atoms with E-state index in [2.05, 4.69) is 20.9 Å². The molecule has 20 heavy (non-hydrogen) atoms. The predicted molar refractivity (Wildman–Crippen MR) is 83.3 cm³/mol. The third-order valence-electron chi connectivity index (χ3n) is 2.91. The molecule has 0 saturated heterocycles. The first-order chi connectivity index (χ1) is 9.58. The van der Waals surface area contributed by atoms with Crippen LogP contribution in [-0.4, -0.2) is 9.55 Å².